The molecule has 1 heterocycles. The summed E-state index contributed by atoms with van der Waals surface area (Å²) < 4.78 is 5.16. The molecule has 2 rings (SSSR count). The van der Waals surface area contributed by atoms with E-state index in [1.54, 1.807) is 4.90 Å². The Hall–Kier alpha value is -1.66. The summed E-state index contributed by atoms with van der Waals surface area (Å²) in [6, 6.07) is 2.55. The molecule has 1 saturated heterocycles. The number of nitrogens with two attached hydrogens (primary N) is 1. The zero-order valence-corrected chi connectivity index (χ0v) is 14.8. The largest absolute Gasteiger partial charge is 0.496 e. The van der Waals surface area contributed by atoms with Crippen LogP contribution in [-0.4, -0.2) is 42.5 Å². The first-order valence-corrected chi connectivity index (χ1v) is 7.47. The molecule has 1 fully saturated rings. The van der Waals surface area contributed by atoms with Gasteiger partial charge in [-0.15, -0.1) is 12.4 Å². The van der Waals surface area contributed by atoms with Gasteiger partial charge in [0, 0.05) is 18.7 Å². The van der Waals surface area contributed by atoms with Gasteiger partial charge in [-0.25, -0.2) is 0 Å². The summed E-state index contributed by atoms with van der Waals surface area (Å²) in [6.07, 6.45) is 0.591. The summed E-state index contributed by atoms with van der Waals surface area (Å²) in [4.78, 5) is 26.4. The van der Waals surface area contributed by atoms with Crippen molar-refractivity contribution in [3.63, 3.8) is 0 Å². The Morgan fingerprint density at radius 3 is 2.65 bits per heavy atom. The molecular weight excluding hydrogens is 341 g/mol. The molecular formula is C15H21Cl2N3O3. The van der Waals surface area contributed by atoms with Crippen LogP contribution in [0.15, 0.2) is 12.1 Å². The molecule has 2 amide bonds. The first kappa shape index (κ1) is 19.4. The third kappa shape index (κ3) is 4.00. The van der Waals surface area contributed by atoms with Crippen LogP contribution >= 0.6 is 24.0 Å². The Kier molecular flexibility index (Phi) is 6.53. The van der Waals surface area contributed by atoms with Crippen molar-refractivity contribution in [2.24, 2.45) is 0 Å². The van der Waals surface area contributed by atoms with E-state index in [9.17, 15) is 9.59 Å². The molecule has 0 spiro atoms. The molecule has 8 heteroatoms. The lowest BCUT2D eigenvalue weighted by atomic mass is 10.1. The molecule has 0 aliphatic carbocycles. The van der Waals surface area contributed by atoms with E-state index < -0.39 is 11.9 Å². The maximum Gasteiger partial charge on any atom is 0.255 e. The minimum Gasteiger partial charge on any atom is -0.496 e. The molecule has 0 radical (unpaired) electrons. The number of methoxy groups -OCH3 is 1. The number of nitrogens with zero attached hydrogens (tertiary/aromatic N) is 1. The first-order chi connectivity index (χ1) is 10.3. The van der Waals surface area contributed by atoms with Crippen LogP contribution in [0.1, 0.15) is 30.6 Å². The van der Waals surface area contributed by atoms with Gasteiger partial charge in [0.15, 0.2) is 0 Å². The smallest absolute Gasteiger partial charge is 0.255 e. The molecule has 1 aliphatic heterocycles. The fourth-order valence-corrected chi connectivity index (χ4v) is 2.66. The zero-order valence-electron chi connectivity index (χ0n) is 13.3. The van der Waals surface area contributed by atoms with Crippen LogP contribution in [0.4, 0.5) is 5.69 Å². The fourth-order valence-electron chi connectivity index (χ4n) is 2.50. The molecule has 1 aliphatic rings. The molecule has 0 aromatic heterocycles. The van der Waals surface area contributed by atoms with Gasteiger partial charge in [0.1, 0.15) is 11.8 Å². The highest BCUT2D eigenvalue weighted by molar-refractivity contribution is 6.33. The molecule has 23 heavy (non-hydrogen) atoms. The monoisotopic (exact) mass is 361 g/mol. The summed E-state index contributed by atoms with van der Waals surface area (Å²) in [6.45, 7) is 4.54. The van der Waals surface area contributed by atoms with Crippen molar-refractivity contribution in [3.05, 3.63) is 22.7 Å². The SMILES string of the molecule is COc1cc(N)c(Cl)cc1C(=O)NC1CCN(C(C)C)C1=O.Cl. The number of rotatable bonds is 4. The van der Waals surface area contributed by atoms with Gasteiger partial charge in [-0.2, -0.15) is 0 Å². The van der Waals surface area contributed by atoms with E-state index in [0.29, 0.717) is 24.4 Å². The predicted octanol–water partition coefficient (Wildman–Crippen LogP) is 2.09. The van der Waals surface area contributed by atoms with Gasteiger partial charge in [0.25, 0.3) is 5.91 Å². The number of nitrogens with one attached hydrogen (secondary N) is 1. The van der Waals surface area contributed by atoms with Crippen LogP contribution in [0.25, 0.3) is 0 Å². The van der Waals surface area contributed by atoms with Gasteiger partial charge < -0.3 is 20.7 Å². The van der Waals surface area contributed by atoms with E-state index in [-0.39, 0.29) is 34.9 Å². The van der Waals surface area contributed by atoms with Crippen molar-refractivity contribution in [2.75, 3.05) is 19.4 Å². The lowest BCUT2D eigenvalue weighted by Gasteiger charge is -2.21. The second-order valence-corrected chi connectivity index (χ2v) is 5.92. The number of ether oxygens (including phenoxy) is 1. The van der Waals surface area contributed by atoms with Crippen molar-refractivity contribution >= 4 is 41.5 Å². The van der Waals surface area contributed by atoms with Gasteiger partial charge in [-0.1, -0.05) is 11.6 Å². The third-order valence-electron chi connectivity index (χ3n) is 3.73. The second kappa shape index (κ2) is 7.75. The van der Waals surface area contributed by atoms with Crippen LogP contribution < -0.4 is 15.8 Å². The number of hydrogen-bond donors (Lipinski definition) is 2. The van der Waals surface area contributed by atoms with Crippen LogP contribution in [0, 0.1) is 0 Å². The van der Waals surface area contributed by atoms with Crippen LogP contribution in [0.5, 0.6) is 5.75 Å². The minimum atomic E-state index is -0.518. The molecule has 1 aromatic carbocycles. The standard InChI is InChI=1S/C15H20ClN3O3.ClH/c1-8(2)19-5-4-12(15(19)21)18-14(20)9-6-10(16)11(17)7-13(9)22-3;/h6-8,12H,4-5,17H2,1-3H3,(H,18,20);1H. The number of carbonyl (C=O) groups excluding carboxylic acids is 2. The minimum absolute atomic E-state index is 0. The van der Waals surface area contributed by atoms with Crippen molar-refractivity contribution in [1.29, 1.82) is 0 Å². The van der Waals surface area contributed by atoms with Crippen molar-refractivity contribution in [1.82, 2.24) is 10.2 Å². The molecule has 128 valence electrons. The number of hydrogen-bond acceptors (Lipinski definition) is 4. The van der Waals surface area contributed by atoms with Crippen LogP contribution in [0.2, 0.25) is 5.02 Å². The van der Waals surface area contributed by atoms with Crippen molar-refractivity contribution in [2.45, 2.75) is 32.4 Å². The van der Waals surface area contributed by atoms with Gasteiger partial charge in [-0.3, -0.25) is 9.59 Å². The van der Waals surface area contributed by atoms with Crippen LogP contribution in [-0.2, 0) is 4.79 Å². The molecule has 1 aromatic rings. The maximum atomic E-state index is 12.4. The lowest BCUT2D eigenvalue weighted by Crippen LogP contribution is -2.43. The topological polar surface area (TPSA) is 84.7 Å². The molecule has 1 unspecified atom stereocenters. The first-order valence-electron chi connectivity index (χ1n) is 7.09. The fraction of sp³-hybridized carbons (Fsp3) is 0.467. The number of likely N-dealkylation sites (tertiary alicyclic amines) is 1. The van der Waals surface area contributed by atoms with E-state index in [4.69, 9.17) is 22.1 Å². The molecule has 3 N–H and O–H groups in total. The summed E-state index contributed by atoms with van der Waals surface area (Å²) in [5.41, 5.74) is 6.29. The predicted molar refractivity (Wildman–Crippen MR) is 92.4 cm³/mol. The number of anilines is 1. The third-order valence-corrected chi connectivity index (χ3v) is 4.06. The Morgan fingerprint density at radius 1 is 1.48 bits per heavy atom. The van der Waals surface area contributed by atoms with Gasteiger partial charge >= 0.3 is 0 Å². The molecule has 1 atom stereocenters. The summed E-state index contributed by atoms with van der Waals surface area (Å²) in [5, 5.41) is 3.01. The van der Waals surface area contributed by atoms with Crippen LogP contribution in [0.3, 0.4) is 0 Å². The highest BCUT2D eigenvalue weighted by atomic mass is 35.5. The van der Waals surface area contributed by atoms with Crippen molar-refractivity contribution < 1.29 is 14.3 Å². The number of nitrogen functional groups attached to an aromatic ring is 1. The Morgan fingerprint density at radius 2 is 2.13 bits per heavy atom. The Balaban J connectivity index is 0.00000264. The summed E-state index contributed by atoms with van der Waals surface area (Å²) in [7, 11) is 1.45. The summed E-state index contributed by atoms with van der Waals surface area (Å²) in [5.74, 6) is -0.142. The number of benzene rings is 1. The molecule has 6 nitrogen and oxygen atoms in total. The van der Waals surface area contributed by atoms with E-state index in [0.717, 1.165) is 0 Å². The number of amides is 2. The normalized spacial score (nSPS) is 17.2. The van der Waals surface area contributed by atoms with E-state index in [1.807, 2.05) is 13.8 Å². The summed E-state index contributed by atoms with van der Waals surface area (Å²) >= 11 is 5.96. The van der Waals surface area contributed by atoms with E-state index in [1.165, 1.54) is 19.2 Å². The highest BCUT2D eigenvalue weighted by Gasteiger charge is 2.34. The molecule has 0 saturated carbocycles. The lowest BCUT2D eigenvalue weighted by molar-refractivity contribution is -0.130. The van der Waals surface area contributed by atoms with Gasteiger partial charge in [0.2, 0.25) is 5.91 Å². The van der Waals surface area contributed by atoms with E-state index in [2.05, 4.69) is 5.32 Å². The van der Waals surface area contributed by atoms with Crippen molar-refractivity contribution in [3.8, 4) is 5.75 Å². The van der Waals surface area contributed by atoms with E-state index >= 15 is 0 Å². The maximum absolute atomic E-state index is 12.4. The Labute approximate surface area is 146 Å². The average Bonchev–Trinajstić information content (AvgIpc) is 2.82. The highest BCUT2D eigenvalue weighted by Crippen LogP contribution is 2.29. The molecule has 0 bridgehead atoms. The average molecular weight is 362 g/mol. The van der Waals surface area contributed by atoms with Gasteiger partial charge in [0.05, 0.1) is 23.4 Å². The second-order valence-electron chi connectivity index (χ2n) is 5.51. The zero-order chi connectivity index (χ0) is 16.4. The number of halogens is 2. The number of carbonyl (C=O) groups is 2. The quantitative estimate of drug-likeness (QED) is 0.804. The van der Waals surface area contributed by atoms with Gasteiger partial charge in [-0.05, 0) is 26.3 Å². The Bertz CT molecular complexity index is 608.